The summed E-state index contributed by atoms with van der Waals surface area (Å²) >= 11 is 3.24. The van der Waals surface area contributed by atoms with Crippen molar-refractivity contribution in [2.75, 3.05) is 13.2 Å². The van der Waals surface area contributed by atoms with Gasteiger partial charge in [-0.1, -0.05) is 15.9 Å². The summed E-state index contributed by atoms with van der Waals surface area (Å²) in [5.41, 5.74) is -0.505. The molecule has 0 unspecified atom stereocenters. The highest BCUT2D eigenvalue weighted by Crippen LogP contribution is 2.38. The van der Waals surface area contributed by atoms with Crippen molar-refractivity contribution >= 4 is 27.7 Å². The first-order chi connectivity index (χ1) is 11.9. The lowest BCUT2D eigenvalue weighted by molar-refractivity contribution is -0.384. The fraction of sp³-hybridized carbons (Fsp3) is 0.333. The number of halogens is 1. The number of rotatable bonds is 3. The van der Waals surface area contributed by atoms with E-state index in [2.05, 4.69) is 21.0 Å². The van der Waals surface area contributed by atoms with Crippen LogP contribution >= 0.6 is 15.9 Å². The fourth-order valence-corrected chi connectivity index (χ4v) is 3.44. The highest BCUT2D eigenvalue weighted by molar-refractivity contribution is 9.10. The first-order valence-corrected chi connectivity index (χ1v) is 8.29. The predicted octanol–water partition coefficient (Wildman–Crippen LogP) is 2.93. The Hall–Kier alpha value is -2.46. The van der Waals surface area contributed by atoms with Crippen LogP contribution in [0.3, 0.4) is 0 Å². The van der Waals surface area contributed by atoms with Crippen LogP contribution in [0.15, 0.2) is 27.5 Å². The number of nitro benzene ring substituents is 1. The van der Waals surface area contributed by atoms with Crippen molar-refractivity contribution in [3.05, 3.63) is 48.7 Å². The Morgan fingerprint density at radius 1 is 1.40 bits per heavy atom. The number of H-pyrrole nitrogens is 1. The van der Waals surface area contributed by atoms with Crippen LogP contribution in [-0.4, -0.2) is 39.1 Å². The van der Waals surface area contributed by atoms with Gasteiger partial charge in [-0.3, -0.25) is 20.0 Å². The van der Waals surface area contributed by atoms with Gasteiger partial charge in [0.15, 0.2) is 0 Å². The molecule has 25 heavy (non-hydrogen) atoms. The SMILES string of the molecule is O=C(O)n1[nH]c(=O)c(C2CCOCC2)c1-c1cc(Br)ccc1[N+](=O)[O-]. The van der Waals surface area contributed by atoms with E-state index in [1.54, 1.807) is 0 Å². The van der Waals surface area contributed by atoms with E-state index in [0.717, 1.165) is 0 Å². The lowest BCUT2D eigenvalue weighted by Crippen LogP contribution is -2.19. The number of carbonyl (C=O) groups is 1. The highest BCUT2D eigenvalue weighted by Gasteiger charge is 2.31. The molecule has 10 heteroatoms. The predicted molar refractivity (Wildman–Crippen MR) is 91.1 cm³/mol. The van der Waals surface area contributed by atoms with Crippen molar-refractivity contribution in [2.45, 2.75) is 18.8 Å². The number of ether oxygens (including phenoxy) is 1. The summed E-state index contributed by atoms with van der Waals surface area (Å²) in [6.45, 7) is 0.894. The molecule has 1 saturated heterocycles. The van der Waals surface area contributed by atoms with Gasteiger partial charge in [0.2, 0.25) is 0 Å². The van der Waals surface area contributed by atoms with Gasteiger partial charge in [-0.05, 0) is 30.9 Å². The molecule has 0 saturated carbocycles. The van der Waals surface area contributed by atoms with E-state index >= 15 is 0 Å². The van der Waals surface area contributed by atoms with Gasteiger partial charge in [0, 0.05) is 29.3 Å². The molecule has 1 fully saturated rings. The molecule has 2 N–H and O–H groups in total. The van der Waals surface area contributed by atoms with Crippen molar-refractivity contribution in [2.24, 2.45) is 0 Å². The van der Waals surface area contributed by atoms with Gasteiger partial charge in [0.05, 0.1) is 16.2 Å². The Balaban J connectivity index is 2.31. The second-order valence-corrected chi connectivity index (χ2v) is 6.54. The van der Waals surface area contributed by atoms with Gasteiger partial charge in [0.25, 0.3) is 11.2 Å². The van der Waals surface area contributed by atoms with E-state index in [4.69, 9.17) is 4.74 Å². The molecule has 0 radical (unpaired) electrons. The maximum Gasteiger partial charge on any atom is 0.431 e. The molecular formula is C15H14BrN3O6. The molecule has 0 aliphatic carbocycles. The third-order valence-electron chi connectivity index (χ3n) is 4.17. The van der Waals surface area contributed by atoms with E-state index in [1.807, 2.05) is 0 Å². The van der Waals surface area contributed by atoms with E-state index in [1.165, 1.54) is 18.2 Å². The quantitative estimate of drug-likeness (QED) is 0.590. The Morgan fingerprint density at radius 2 is 2.08 bits per heavy atom. The zero-order chi connectivity index (χ0) is 18.1. The number of benzene rings is 1. The number of aromatic nitrogens is 2. The minimum Gasteiger partial charge on any atom is -0.463 e. The summed E-state index contributed by atoms with van der Waals surface area (Å²) < 4.78 is 6.48. The Morgan fingerprint density at radius 3 is 2.68 bits per heavy atom. The third kappa shape index (κ3) is 3.22. The van der Waals surface area contributed by atoms with Gasteiger partial charge in [-0.2, -0.15) is 4.68 Å². The van der Waals surface area contributed by atoms with Gasteiger partial charge < -0.3 is 9.84 Å². The molecule has 0 amide bonds. The zero-order valence-electron chi connectivity index (χ0n) is 12.9. The molecule has 2 aromatic rings. The van der Waals surface area contributed by atoms with E-state index in [9.17, 15) is 24.8 Å². The summed E-state index contributed by atoms with van der Waals surface area (Å²) in [6, 6.07) is 4.21. The molecule has 132 valence electrons. The number of hydrogen-bond acceptors (Lipinski definition) is 5. The molecular weight excluding hydrogens is 398 g/mol. The van der Waals surface area contributed by atoms with Gasteiger partial charge >= 0.3 is 6.09 Å². The van der Waals surface area contributed by atoms with Gasteiger partial charge in [0.1, 0.15) is 0 Å². The van der Waals surface area contributed by atoms with E-state index in [0.29, 0.717) is 35.2 Å². The summed E-state index contributed by atoms with van der Waals surface area (Å²) in [7, 11) is 0. The lowest BCUT2D eigenvalue weighted by Gasteiger charge is -2.21. The Bertz CT molecular complexity index is 897. The topological polar surface area (TPSA) is 127 Å². The first-order valence-electron chi connectivity index (χ1n) is 7.50. The number of nitrogens with one attached hydrogen (secondary N) is 1. The summed E-state index contributed by atoms with van der Waals surface area (Å²) in [5.74, 6) is -0.230. The number of hydrogen-bond donors (Lipinski definition) is 2. The number of aromatic amines is 1. The standard InChI is InChI=1S/C15H14BrN3O6/c16-9-1-2-11(19(23)24)10(7-9)13-12(8-3-5-25-6-4-8)14(20)17-18(13)15(21)22/h1-2,7-8H,3-6H2,(H,17,20)(H,21,22). The van der Waals surface area contributed by atoms with Crippen LogP contribution in [-0.2, 0) is 4.74 Å². The third-order valence-corrected chi connectivity index (χ3v) is 4.66. The minimum absolute atomic E-state index is 0.0115. The number of nitro groups is 1. The van der Waals surface area contributed by atoms with Crippen LogP contribution in [0.2, 0.25) is 0 Å². The van der Waals surface area contributed by atoms with Crippen molar-refractivity contribution in [3.8, 4) is 11.3 Å². The lowest BCUT2D eigenvalue weighted by atomic mass is 9.89. The Labute approximate surface area is 149 Å². The van der Waals surface area contributed by atoms with Gasteiger partial charge in [-0.25, -0.2) is 4.79 Å². The summed E-state index contributed by atoms with van der Waals surface area (Å²) in [6.07, 6.45) is -0.331. The number of carboxylic acid groups (broad SMARTS) is 1. The van der Waals surface area contributed by atoms with E-state index < -0.39 is 16.6 Å². The maximum absolute atomic E-state index is 12.4. The maximum atomic E-state index is 12.4. The molecule has 2 heterocycles. The summed E-state index contributed by atoms with van der Waals surface area (Å²) in [4.78, 5) is 34.8. The largest absolute Gasteiger partial charge is 0.463 e. The first kappa shape index (κ1) is 17.4. The van der Waals surface area contributed by atoms with Crippen molar-refractivity contribution in [1.29, 1.82) is 0 Å². The summed E-state index contributed by atoms with van der Waals surface area (Å²) in [5, 5.41) is 23.1. The van der Waals surface area contributed by atoms with Gasteiger partial charge in [-0.15, -0.1) is 0 Å². The van der Waals surface area contributed by atoms with Crippen LogP contribution in [0.4, 0.5) is 10.5 Å². The molecule has 9 nitrogen and oxygen atoms in total. The zero-order valence-corrected chi connectivity index (χ0v) is 14.5. The van der Waals surface area contributed by atoms with Crippen molar-refractivity contribution in [1.82, 2.24) is 9.78 Å². The van der Waals surface area contributed by atoms with Crippen LogP contribution in [0.1, 0.15) is 24.3 Å². The average molecular weight is 412 g/mol. The van der Waals surface area contributed by atoms with E-state index in [-0.39, 0.29) is 28.4 Å². The molecule has 1 aromatic heterocycles. The molecule has 0 atom stereocenters. The van der Waals surface area contributed by atoms with Crippen molar-refractivity contribution < 1.29 is 19.6 Å². The van der Waals surface area contributed by atoms with Crippen LogP contribution in [0.5, 0.6) is 0 Å². The van der Waals surface area contributed by atoms with Crippen LogP contribution in [0.25, 0.3) is 11.3 Å². The molecule has 1 aliphatic heterocycles. The Kier molecular flexibility index (Phi) is 4.73. The average Bonchev–Trinajstić information content (AvgIpc) is 2.92. The van der Waals surface area contributed by atoms with Crippen molar-refractivity contribution in [3.63, 3.8) is 0 Å². The van der Waals surface area contributed by atoms with Crippen LogP contribution < -0.4 is 5.56 Å². The molecule has 0 spiro atoms. The monoisotopic (exact) mass is 411 g/mol. The molecule has 1 aromatic carbocycles. The molecule has 3 rings (SSSR count). The minimum atomic E-state index is -1.42. The second kappa shape index (κ2) is 6.81. The fourth-order valence-electron chi connectivity index (χ4n) is 3.08. The smallest absolute Gasteiger partial charge is 0.431 e. The molecule has 0 bridgehead atoms. The number of nitrogens with zero attached hydrogens (tertiary/aromatic N) is 2. The molecule has 1 aliphatic rings. The second-order valence-electron chi connectivity index (χ2n) is 5.63. The highest BCUT2D eigenvalue weighted by atomic mass is 79.9. The normalized spacial score (nSPS) is 15.2. The van der Waals surface area contributed by atoms with Crippen LogP contribution in [0, 0.1) is 10.1 Å².